The maximum Gasteiger partial charge on any atom is 0.392 e. The second kappa shape index (κ2) is 1.46. The van der Waals surface area contributed by atoms with Crippen molar-refractivity contribution in [1.29, 1.82) is 0 Å². The third-order valence-corrected chi connectivity index (χ3v) is 0.143. The highest BCUT2D eigenvalue weighted by Gasteiger charge is 1.82. The molecule has 3 N–H and O–H groups in total. The summed E-state index contributed by atoms with van der Waals surface area (Å²) in [6.45, 7) is 0. The van der Waals surface area contributed by atoms with Crippen LogP contribution in [0.25, 0.3) is 0 Å². The number of aliphatic carboxylic acids is 1. The van der Waals surface area contributed by atoms with Crippen LogP contribution in [0.4, 0.5) is 0 Å². The second-order valence-corrected chi connectivity index (χ2v) is 0.505. The Bertz CT molecular complexity index is 58.7. The van der Waals surface area contributed by atoms with E-state index in [2.05, 4.69) is 5.41 Å². The van der Waals surface area contributed by atoms with Crippen molar-refractivity contribution in [2.45, 2.75) is 0 Å². The maximum atomic E-state index is 9.19. The molecule has 0 rings (SSSR count). The van der Waals surface area contributed by atoms with Crippen molar-refractivity contribution in [3.05, 3.63) is 0 Å². The third kappa shape index (κ3) is 3.14. The molecule has 0 aromatic carbocycles. The van der Waals surface area contributed by atoms with Crippen molar-refractivity contribution in [2.24, 2.45) is 0 Å². The summed E-state index contributed by atoms with van der Waals surface area (Å²) >= 11 is 0. The molecule has 3 heteroatoms. The highest BCUT2D eigenvalue weighted by atomic mass is 16.4. The molecular formula is C2H4NO2+. The van der Waals surface area contributed by atoms with Gasteiger partial charge in [0.15, 0.2) is 0 Å². The van der Waals surface area contributed by atoms with E-state index in [0.29, 0.717) is 6.21 Å². The predicted octanol–water partition coefficient (Wildman–Crippen LogP) is -2.10. The molecule has 0 bridgehead atoms. The second-order valence-electron chi connectivity index (χ2n) is 0.505. The lowest BCUT2D eigenvalue weighted by atomic mass is 10.8. The van der Waals surface area contributed by atoms with Crippen LogP contribution in [-0.2, 0) is 4.79 Å². The molecule has 0 spiro atoms. The minimum absolute atomic E-state index is 0.583. The van der Waals surface area contributed by atoms with Gasteiger partial charge in [-0.05, 0) is 0 Å². The van der Waals surface area contributed by atoms with Gasteiger partial charge in [-0.25, -0.2) is 4.79 Å². The molecule has 0 saturated heterocycles. The van der Waals surface area contributed by atoms with Gasteiger partial charge in [-0.2, -0.15) is 0 Å². The molecular weight excluding hydrogens is 70.0 g/mol. The van der Waals surface area contributed by atoms with E-state index in [0.717, 1.165) is 0 Å². The summed E-state index contributed by atoms with van der Waals surface area (Å²) < 4.78 is 0. The maximum absolute atomic E-state index is 9.19. The van der Waals surface area contributed by atoms with Crippen LogP contribution in [0.15, 0.2) is 0 Å². The van der Waals surface area contributed by atoms with Crippen molar-refractivity contribution in [3.8, 4) is 0 Å². The minimum atomic E-state index is -1.09. The van der Waals surface area contributed by atoms with E-state index in [1.807, 2.05) is 0 Å². The van der Waals surface area contributed by atoms with Gasteiger partial charge in [-0.15, -0.1) is 0 Å². The lowest BCUT2D eigenvalue weighted by molar-refractivity contribution is -0.143. The summed E-state index contributed by atoms with van der Waals surface area (Å²) in [6, 6.07) is 0. The molecule has 3 nitrogen and oxygen atoms in total. The molecule has 0 unspecified atom stereocenters. The Morgan fingerprint density at radius 2 is 2.20 bits per heavy atom. The molecule has 0 saturated carbocycles. The van der Waals surface area contributed by atoms with Gasteiger partial charge in [0.2, 0.25) is 6.21 Å². The lowest BCUT2D eigenvalue weighted by Gasteiger charge is -1.58. The van der Waals surface area contributed by atoms with Crippen molar-refractivity contribution in [2.75, 3.05) is 0 Å². The smallest absolute Gasteiger partial charge is 0.392 e. The zero-order valence-electron chi connectivity index (χ0n) is 2.51. The van der Waals surface area contributed by atoms with Crippen LogP contribution in [0.3, 0.4) is 0 Å². The van der Waals surface area contributed by atoms with Crippen molar-refractivity contribution < 1.29 is 15.3 Å². The van der Waals surface area contributed by atoms with Crippen LogP contribution in [0.2, 0.25) is 0 Å². The first-order valence-corrected chi connectivity index (χ1v) is 1.05. The predicted molar refractivity (Wildman–Crippen MR) is 15.6 cm³/mol. The average Bonchev–Trinajstić information content (AvgIpc) is 1.38. The largest absolute Gasteiger partial charge is 0.474 e. The molecule has 0 aliphatic heterocycles. The molecule has 0 aliphatic rings. The summed E-state index contributed by atoms with van der Waals surface area (Å²) in [5.74, 6) is -1.09. The molecule has 0 aromatic rings. The number of carbonyl (C=O) groups is 1. The van der Waals surface area contributed by atoms with Crippen LogP contribution < -0.4 is 5.41 Å². The number of rotatable bonds is 1. The number of nitrogens with two attached hydrogens (primary N) is 1. The normalized spacial score (nSPS) is 6.40. The van der Waals surface area contributed by atoms with Gasteiger partial charge in [0, 0.05) is 0 Å². The summed E-state index contributed by atoms with van der Waals surface area (Å²) in [5, 5.41) is 12.0. The Morgan fingerprint density at radius 3 is 2.20 bits per heavy atom. The Kier molecular flexibility index (Phi) is 1.21. The zero-order chi connectivity index (χ0) is 4.28. The van der Waals surface area contributed by atoms with Crippen LogP contribution in [-0.4, -0.2) is 17.3 Å². The van der Waals surface area contributed by atoms with Gasteiger partial charge in [-0.1, -0.05) is 0 Å². The van der Waals surface area contributed by atoms with E-state index in [1.165, 1.54) is 0 Å². The summed E-state index contributed by atoms with van der Waals surface area (Å²) in [5.41, 5.74) is 0. The first kappa shape index (κ1) is 4.14. The highest BCUT2D eigenvalue weighted by Crippen LogP contribution is 1.35. The van der Waals surface area contributed by atoms with E-state index in [9.17, 15) is 4.79 Å². The fourth-order valence-corrected chi connectivity index (χ4v) is 0. The van der Waals surface area contributed by atoms with Gasteiger partial charge in [0.05, 0.1) is 0 Å². The SMILES string of the molecule is [NH2+]=CC(=O)O. The van der Waals surface area contributed by atoms with E-state index in [-0.39, 0.29) is 0 Å². The van der Waals surface area contributed by atoms with Crippen LogP contribution >= 0.6 is 0 Å². The van der Waals surface area contributed by atoms with Crippen molar-refractivity contribution >= 4 is 12.2 Å². The molecule has 28 valence electrons. The molecule has 0 radical (unpaired) electrons. The standard InChI is InChI=1S/C2H3NO2/c3-1-2(4)5/h1,3H,(H,4,5)/p+1. The van der Waals surface area contributed by atoms with Crippen LogP contribution in [0.1, 0.15) is 0 Å². The summed E-state index contributed by atoms with van der Waals surface area (Å²) in [7, 11) is 0. The lowest BCUT2D eigenvalue weighted by Crippen LogP contribution is -2.33. The number of carboxylic acids is 1. The molecule has 0 heterocycles. The van der Waals surface area contributed by atoms with Crippen molar-refractivity contribution in [1.82, 2.24) is 0 Å². The Balaban J connectivity index is 3.20. The van der Waals surface area contributed by atoms with E-state index in [4.69, 9.17) is 5.11 Å². The zero-order valence-corrected chi connectivity index (χ0v) is 2.51. The van der Waals surface area contributed by atoms with Crippen molar-refractivity contribution in [3.63, 3.8) is 0 Å². The highest BCUT2D eigenvalue weighted by molar-refractivity contribution is 6.19. The van der Waals surface area contributed by atoms with Gasteiger partial charge in [0.25, 0.3) is 0 Å². The molecule has 0 atom stereocenters. The first-order chi connectivity index (χ1) is 2.27. The average molecular weight is 74.1 g/mol. The minimum Gasteiger partial charge on any atom is -0.474 e. The monoisotopic (exact) mass is 74.0 g/mol. The fourth-order valence-electron chi connectivity index (χ4n) is 0. The summed E-state index contributed by atoms with van der Waals surface area (Å²) in [6.07, 6.45) is 0.583. The third-order valence-electron chi connectivity index (χ3n) is 0.143. The molecule has 0 aliphatic carbocycles. The number of hydrogen-bond acceptors (Lipinski definition) is 1. The van der Waals surface area contributed by atoms with Gasteiger partial charge in [-0.3, -0.25) is 5.41 Å². The topological polar surface area (TPSA) is 62.9 Å². The van der Waals surface area contributed by atoms with Gasteiger partial charge >= 0.3 is 5.97 Å². The molecule has 0 aromatic heterocycles. The van der Waals surface area contributed by atoms with Gasteiger partial charge < -0.3 is 5.11 Å². The van der Waals surface area contributed by atoms with E-state index in [1.54, 1.807) is 0 Å². The molecule has 0 amide bonds. The van der Waals surface area contributed by atoms with E-state index >= 15 is 0 Å². The Hall–Kier alpha value is -0.860. The van der Waals surface area contributed by atoms with Gasteiger partial charge in [0.1, 0.15) is 0 Å². The molecule has 5 heavy (non-hydrogen) atoms. The Morgan fingerprint density at radius 1 is 2.00 bits per heavy atom. The Labute approximate surface area is 28.7 Å². The van der Waals surface area contributed by atoms with E-state index < -0.39 is 5.97 Å². The fraction of sp³-hybridized carbons (Fsp3) is 0. The molecule has 0 fully saturated rings. The quantitative estimate of drug-likeness (QED) is 0.350. The van der Waals surface area contributed by atoms with Crippen LogP contribution in [0.5, 0.6) is 0 Å². The first-order valence-electron chi connectivity index (χ1n) is 1.05. The number of hydrogen-bond donors (Lipinski definition) is 2. The van der Waals surface area contributed by atoms with Crippen LogP contribution in [0, 0.1) is 0 Å². The number of carboxylic acid groups (broad SMARTS) is 1. The summed E-state index contributed by atoms with van der Waals surface area (Å²) in [4.78, 5) is 9.19.